The van der Waals surface area contributed by atoms with E-state index in [0.717, 1.165) is 80.1 Å². The molecule has 46 heteroatoms. The van der Waals surface area contributed by atoms with Gasteiger partial charge in [0.1, 0.15) is 69.1 Å². The van der Waals surface area contributed by atoms with Gasteiger partial charge in [-0.05, 0) is 45.0 Å². The lowest BCUT2D eigenvalue weighted by Crippen LogP contribution is -2.51. The molecular weight excluding hydrogens is 1600 g/mol. The Hall–Kier alpha value is -10.8. The molecule has 0 bridgehead atoms. The number of amides is 5. The number of aliphatic imine (C=N–C) groups is 4. The van der Waals surface area contributed by atoms with Crippen molar-refractivity contribution in [3.05, 3.63) is 139 Å². The molecule has 0 aromatic heterocycles. The number of phenols is 1. The minimum atomic E-state index is -4.80. The third-order valence-corrected chi connectivity index (χ3v) is 17.1. The van der Waals surface area contributed by atoms with Crippen LogP contribution in [0.1, 0.15) is 20.8 Å². The van der Waals surface area contributed by atoms with Crippen LogP contribution in [0.2, 0.25) is 20.1 Å². The fourth-order valence-corrected chi connectivity index (χ4v) is 11.7. The highest BCUT2D eigenvalue weighted by Crippen LogP contribution is 2.45. The zero-order valence-corrected chi connectivity index (χ0v) is 59.6. The Kier molecular flexibility index (Phi) is 24.3. The number of halogens is 20. The van der Waals surface area contributed by atoms with Gasteiger partial charge in [-0.1, -0.05) is 46.4 Å². The van der Waals surface area contributed by atoms with Crippen molar-refractivity contribution in [3.8, 4) is 23.0 Å². The Morgan fingerprint density at radius 1 is 0.436 bits per heavy atom. The number of aromatic hydroxyl groups is 1. The Morgan fingerprint density at radius 3 is 0.945 bits per heavy atom. The molecule has 110 heavy (non-hydrogen) atoms. The molecule has 0 radical (unpaired) electrons. The Bertz CT molecular complexity index is 4720. The van der Waals surface area contributed by atoms with Crippen molar-refractivity contribution in [2.45, 2.75) is 63.8 Å². The number of fused-ring (bicyclic) bond motifs is 4. The van der Waals surface area contributed by atoms with Crippen LogP contribution in [0.15, 0.2) is 116 Å². The first-order valence-electron chi connectivity index (χ1n) is 31.1. The van der Waals surface area contributed by atoms with E-state index < -0.39 is 165 Å². The summed E-state index contributed by atoms with van der Waals surface area (Å²) in [4.78, 5) is 107. The van der Waals surface area contributed by atoms with E-state index in [0.29, 0.717) is 39.0 Å². The number of likely N-dealkylation sites (N-methyl/N-ethyl adjacent to an activating group) is 1. The van der Waals surface area contributed by atoms with Crippen molar-refractivity contribution in [2.24, 2.45) is 20.0 Å². The number of allylic oxidation sites excluding steroid dienone is 4. The number of carboxylic acid groups (broad SMARTS) is 1. The second kappa shape index (κ2) is 32.1. The van der Waals surface area contributed by atoms with Crippen LogP contribution >= 0.6 is 46.4 Å². The summed E-state index contributed by atoms with van der Waals surface area (Å²) in [6.45, 7) is 3.53. The number of methoxy groups -OCH3 is 1. The number of rotatable bonds is 13. The highest BCUT2D eigenvalue weighted by Gasteiger charge is 2.52. The Morgan fingerprint density at radius 2 is 0.691 bits per heavy atom. The number of carbonyl (C=O) groups excluding carboxylic acids is 6. The van der Waals surface area contributed by atoms with Gasteiger partial charge < -0.3 is 53.7 Å². The average molecular weight is 1660 g/mol. The molecule has 4 aromatic carbocycles. The summed E-state index contributed by atoms with van der Waals surface area (Å²) in [6.07, 6.45) is -21.1. The van der Waals surface area contributed by atoms with Gasteiger partial charge in [0.05, 0.1) is 76.1 Å². The summed E-state index contributed by atoms with van der Waals surface area (Å²) in [5.74, 6) is -13.4. The normalized spacial score (nSPS) is 17.7. The van der Waals surface area contributed by atoms with Crippen LogP contribution in [-0.4, -0.2) is 217 Å². The van der Waals surface area contributed by atoms with E-state index in [4.69, 9.17) is 65.7 Å². The molecule has 590 valence electrons. The molecular formula is C64H51Cl4F16N13O13. The van der Waals surface area contributed by atoms with Gasteiger partial charge in [-0.15, -0.1) is 0 Å². The molecule has 4 aromatic rings. The molecule has 0 saturated heterocycles. The quantitative estimate of drug-likeness (QED) is 0.0929. The van der Waals surface area contributed by atoms with Gasteiger partial charge >= 0.3 is 36.6 Å². The van der Waals surface area contributed by atoms with Crippen LogP contribution in [0.4, 0.5) is 93.0 Å². The number of hydrogen-bond donors (Lipinski definition) is 2. The van der Waals surface area contributed by atoms with Crippen molar-refractivity contribution >= 4 is 134 Å². The summed E-state index contributed by atoms with van der Waals surface area (Å²) >= 11 is 23.4. The van der Waals surface area contributed by atoms with Crippen molar-refractivity contribution in [1.82, 2.24) is 24.5 Å². The molecule has 8 aliphatic heterocycles. The molecule has 0 aliphatic carbocycles. The standard InChI is InChI=1S/C18H17ClF4N4O3.C17H14ClF4N3O4.C16H12ClF4N3O4.C13H8ClF4N3O2/c1-9(16(29)25(2)3)30-13-7-12(11(20)6-10(13)19)27-15(28)8-14(18(21,22)23)26-5-4-24-17(26)27;1-8(15(27)28-2)29-12-6-11(10(19)5-9(12)18)25-14(26)7-13(17(20,21)22)24-4-3-23-16(24)25;1-7(14(26)27)28-11-5-10(9(18)4-8(11)17)24-13(25)6-12(16(19,20)21)23-3-2-22-15(23)24;14-6-3-7(15)8(4-9(6)22)21-11(23)5-10(13(16,17)18)20-2-1-19-12(20)21/h6-9H,4-5H2,1-3H3;5-8H,3-4H2,1-2H3;4-7H,2-3H2,1H3,(H,26,27);3-5,22H,1-2H2. The van der Waals surface area contributed by atoms with Crippen molar-refractivity contribution in [2.75, 3.05) is 93.2 Å². The van der Waals surface area contributed by atoms with Crippen LogP contribution in [0.5, 0.6) is 23.0 Å². The van der Waals surface area contributed by atoms with Crippen LogP contribution in [-0.2, 0) is 38.3 Å². The number of guanidine groups is 4. The van der Waals surface area contributed by atoms with Gasteiger partial charge in [0.2, 0.25) is 23.8 Å². The number of aliphatic carboxylic acids is 1. The number of hydrogen-bond acceptors (Lipinski definition) is 20. The van der Waals surface area contributed by atoms with Gasteiger partial charge in [0.25, 0.3) is 29.5 Å². The van der Waals surface area contributed by atoms with Crippen LogP contribution in [0.3, 0.4) is 0 Å². The number of anilines is 4. The molecule has 5 amide bonds. The number of carboxylic acids is 1. The number of phenolic OH excluding ortho intramolecular Hbond substituents is 1. The molecule has 26 nitrogen and oxygen atoms in total. The Balaban J connectivity index is 0.000000169. The second-order valence-corrected chi connectivity index (χ2v) is 25.1. The molecule has 0 spiro atoms. The number of ether oxygens (including phenoxy) is 4. The predicted octanol–water partition coefficient (Wildman–Crippen LogP) is 11.1. The van der Waals surface area contributed by atoms with E-state index in [-0.39, 0.29) is 108 Å². The summed E-state index contributed by atoms with van der Waals surface area (Å²) in [5.41, 5.74) is -6.42. The van der Waals surface area contributed by atoms with E-state index in [1.165, 1.54) is 39.8 Å². The monoisotopic (exact) mass is 1650 g/mol. The lowest BCUT2D eigenvalue weighted by molar-refractivity contribution is -0.148. The maximum absolute atomic E-state index is 14.7. The number of benzene rings is 4. The zero-order chi connectivity index (χ0) is 81.6. The topological polar surface area (TPSA) is 275 Å². The van der Waals surface area contributed by atoms with Crippen LogP contribution < -0.4 is 33.8 Å². The number of nitrogens with zero attached hydrogens (tertiary/aromatic N) is 13. The van der Waals surface area contributed by atoms with Crippen molar-refractivity contribution in [3.63, 3.8) is 0 Å². The molecule has 0 saturated carbocycles. The van der Waals surface area contributed by atoms with Crippen LogP contribution in [0.25, 0.3) is 0 Å². The number of carbonyl (C=O) groups is 7. The van der Waals surface area contributed by atoms with Gasteiger partial charge in [0.15, 0.2) is 18.3 Å². The minimum Gasteiger partial charge on any atom is -0.506 e. The smallest absolute Gasteiger partial charge is 0.431 e. The van der Waals surface area contributed by atoms with Gasteiger partial charge in [-0.25, -0.2) is 46.8 Å². The third-order valence-electron chi connectivity index (χ3n) is 15.9. The van der Waals surface area contributed by atoms with E-state index >= 15 is 0 Å². The summed E-state index contributed by atoms with van der Waals surface area (Å²) in [6, 6.07) is 7.10. The first-order valence-corrected chi connectivity index (χ1v) is 32.6. The van der Waals surface area contributed by atoms with Gasteiger partial charge in [0, 0.05) is 88.8 Å². The molecule has 3 unspecified atom stereocenters. The molecule has 0 fully saturated rings. The van der Waals surface area contributed by atoms with Crippen molar-refractivity contribution < 1.29 is 133 Å². The number of esters is 1. The van der Waals surface area contributed by atoms with Crippen LogP contribution in [0, 0.1) is 23.3 Å². The van der Waals surface area contributed by atoms with Gasteiger partial charge in [-0.2, -0.15) is 52.7 Å². The zero-order valence-electron chi connectivity index (χ0n) is 56.6. The summed E-state index contributed by atoms with van der Waals surface area (Å²) < 4.78 is 237. The fourth-order valence-electron chi connectivity index (χ4n) is 11.0. The molecule has 2 N–H and O–H groups in total. The van der Waals surface area contributed by atoms with E-state index in [1.807, 2.05) is 0 Å². The second-order valence-electron chi connectivity index (χ2n) is 23.5. The average Bonchev–Trinajstić information content (AvgIpc) is 1.52. The molecule has 8 aliphatic rings. The molecule has 12 rings (SSSR count). The first-order chi connectivity index (χ1) is 51.2. The van der Waals surface area contributed by atoms with E-state index in [2.05, 4.69) is 24.7 Å². The number of alkyl halides is 12. The minimum absolute atomic E-state index is 0.000526. The summed E-state index contributed by atoms with van der Waals surface area (Å²) in [5, 5.41) is 17.6. The van der Waals surface area contributed by atoms with Gasteiger partial charge in [-0.3, -0.25) is 43.9 Å². The maximum atomic E-state index is 14.7. The highest BCUT2D eigenvalue weighted by atomic mass is 35.5. The Labute approximate surface area is 628 Å². The van der Waals surface area contributed by atoms with E-state index in [1.54, 1.807) is 0 Å². The largest absolute Gasteiger partial charge is 0.506 e. The maximum Gasteiger partial charge on any atom is 0.431 e. The molecule has 3 atom stereocenters. The lowest BCUT2D eigenvalue weighted by atomic mass is 10.2. The predicted molar refractivity (Wildman–Crippen MR) is 358 cm³/mol. The molecule has 8 heterocycles. The SMILES string of the molecule is CC(Oc1cc(N2C(=O)C=C(C(F)(F)F)N3CCN=C32)c(F)cc1Cl)C(=O)N(C)C.CC(Oc1cc(N2C(=O)C=C(C(F)(F)F)N3CCN=C32)c(F)cc1Cl)C(=O)O.COC(=O)C(C)Oc1cc(N2C(=O)C=C(C(F)(F)F)N3CCN=C32)c(F)cc1Cl.O=C1C=C(C(F)(F)F)N2CCN=C2N1c1cc(O)c(Cl)cc1F. The summed E-state index contributed by atoms with van der Waals surface area (Å²) in [7, 11) is 4.18. The lowest BCUT2D eigenvalue weighted by Gasteiger charge is -2.35. The van der Waals surface area contributed by atoms with Crippen molar-refractivity contribution in [1.29, 1.82) is 0 Å². The highest BCUT2D eigenvalue weighted by molar-refractivity contribution is 6.34. The fraction of sp³-hybridized carbons (Fsp3) is 0.328. The van der Waals surface area contributed by atoms with E-state index in [9.17, 15) is 109 Å². The first kappa shape index (κ1) is 83.3. The third kappa shape index (κ3) is 17.4.